The van der Waals surface area contributed by atoms with Gasteiger partial charge in [-0.3, -0.25) is 4.79 Å². The molecule has 0 aromatic rings. The fraction of sp³-hybridized carbons (Fsp3) is 0.933. The molecule has 2 atom stereocenters. The lowest BCUT2D eigenvalue weighted by Crippen LogP contribution is -2.44. The Morgan fingerprint density at radius 2 is 1.72 bits per heavy atom. The molecule has 0 aliphatic rings. The lowest BCUT2D eigenvalue weighted by atomic mass is 9.99. The number of rotatable bonds is 10. The molecule has 3 heteroatoms. The Bertz CT molecular complexity index is 217. The lowest BCUT2D eigenvalue weighted by molar-refractivity contribution is -0.123. The van der Waals surface area contributed by atoms with Crippen LogP contribution >= 0.6 is 0 Å². The van der Waals surface area contributed by atoms with E-state index in [0.717, 1.165) is 25.3 Å². The molecule has 3 nitrogen and oxygen atoms in total. The van der Waals surface area contributed by atoms with Crippen LogP contribution in [0, 0.1) is 11.8 Å². The largest absolute Gasteiger partial charge is 0.355 e. The summed E-state index contributed by atoms with van der Waals surface area (Å²) in [5.41, 5.74) is 5.85. The van der Waals surface area contributed by atoms with Crippen LogP contribution in [-0.2, 0) is 4.79 Å². The van der Waals surface area contributed by atoms with E-state index < -0.39 is 0 Å². The third-order valence-corrected chi connectivity index (χ3v) is 3.57. The van der Waals surface area contributed by atoms with Gasteiger partial charge in [-0.25, -0.2) is 0 Å². The molecule has 0 saturated heterocycles. The third-order valence-electron chi connectivity index (χ3n) is 3.57. The van der Waals surface area contributed by atoms with Crippen LogP contribution in [0.3, 0.4) is 0 Å². The summed E-state index contributed by atoms with van der Waals surface area (Å²) in [6.45, 7) is 9.38. The first-order valence-electron chi connectivity index (χ1n) is 7.52. The maximum Gasteiger partial charge on any atom is 0.237 e. The van der Waals surface area contributed by atoms with Crippen molar-refractivity contribution in [1.29, 1.82) is 0 Å². The third kappa shape index (κ3) is 8.51. The smallest absolute Gasteiger partial charge is 0.237 e. The van der Waals surface area contributed by atoms with E-state index in [1.807, 2.05) is 6.92 Å². The van der Waals surface area contributed by atoms with Gasteiger partial charge in [0.05, 0.1) is 6.04 Å². The van der Waals surface area contributed by atoms with Gasteiger partial charge in [-0.05, 0) is 18.3 Å². The molecule has 0 rings (SSSR count). The predicted molar refractivity (Wildman–Crippen MR) is 78.4 cm³/mol. The van der Waals surface area contributed by atoms with E-state index in [1.54, 1.807) is 0 Å². The molecule has 0 fully saturated rings. The second-order valence-corrected chi connectivity index (χ2v) is 5.80. The van der Waals surface area contributed by atoms with Crippen molar-refractivity contribution in [3.05, 3.63) is 0 Å². The molecule has 0 aromatic carbocycles. The van der Waals surface area contributed by atoms with Crippen LogP contribution in [0.25, 0.3) is 0 Å². The van der Waals surface area contributed by atoms with Gasteiger partial charge >= 0.3 is 0 Å². The highest BCUT2D eigenvalue weighted by atomic mass is 16.2. The van der Waals surface area contributed by atoms with Gasteiger partial charge in [0.25, 0.3) is 0 Å². The van der Waals surface area contributed by atoms with Gasteiger partial charge < -0.3 is 11.1 Å². The number of nitrogens with one attached hydrogen (secondary N) is 1. The number of hydrogen-bond donors (Lipinski definition) is 2. The highest BCUT2D eigenvalue weighted by Gasteiger charge is 2.18. The zero-order valence-electron chi connectivity index (χ0n) is 12.7. The highest BCUT2D eigenvalue weighted by molar-refractivity contribution is 5.81. The normalized spacial score (nSPS) is 14.6. The minimum Gasteiger partial charge on any atom is -0.355 e. The number of carbonyl (C=O) groups is 1. The Balaban J connectivity index is 3.46. The zero-order valence-corrected chi connectivity index (χ0v) is 12.7. The summed E-state index contributed by atoms with van der Waals surface area (Å²) in [6.07, 6.45) is 7.10. The summed E-state index contributed by atoms with van der Waals surface area (Å²) in [5, 5.41) is 2.93. The molecular formula is C15H32N2O. The molecule has 0 aliphatic heterocycles. The van der Waals surface area contributed by atoms with Gasteiger partial charge in [0.2, 0.25) is 5.91 Å². The summed E-state index contributed by atoms with van der Waals surface area (Å²) < 4.78 is 0. The summed E-state index contributed by atoms with van der Waals surface area (Å²) >= 11 is 0. The van der Waals surface area contributed by atoms with Crippen LogP contribution in [0.5, 0.6) is 0 Å². The minimum atomic E-state index is -0.351. The molecule has 0 bridgehead atoms. The average molecular weight is 256 g/mol. The van der Waals surface area contributed by atoms with Crippen LogP contribution in [0.4, 0.5) is 0 Å². The van der Waals surface area contributed by atoms with E-state index >= 15 is 0 Å². The van der Waals surface area contributed by atoms with Crippen molar-refractivity contribution in [2.45, 2.75) is 72.3 Å². The molecule has 18 heavy (non-hydrogen) atoms. The van der Waals surface area contributed by atoms with Crippen LogP contribution in [0.2, 0.25) is 0 Å². The average Bonchev–Trinajstić information content (AvgIpc) is 2.35. The van der Waals surface area contributed by atoms with Gasteiger partial charge in [-0.15, -0.1) is 0 Å². The van der Waals surface area contributed by atoms with Gasteiger partial charge in [0, 0.05) is 6.54 Å². The van der Waals surface area contributed by atoms with Crippen molar-refractivity contribution in [3.63, 3.8) is 0 Å². The molecule has 0 aromatic heterocycles. The lowest BCUT2D eigenvalue weighted by Gasteiger charge is -2.17. The van der Waals surface area contributed by atoms with Crippen molar-refractivity contribution < 1.29 is 4.79 Å². The monoisotopic (exact) mass is 256 g/mol. The highest BCUT2D eigenvalue weighted by Crippen LogP contribution is 2.09. The predicted octanol–water partition coefficient (Wildman–Crippen LogP) is 3.08. The Labute approximate surface area is 113 Å². The number of carbonyl (C=O) groups excluding carboxylic acids is 1. The van der Waals surface area contributed by atoms with Crippen molar-refractivity contribution in [2.75, 3.05) is 6.54 Å². The summed E-state index contributed by atoms with van der Waals surface area (Å²) in [6, 6.07) is -0.351. The SMILES string of the molecule is CCC(C)C(N)C(=O)NCCCCCCC(C)C. The van der Waals surface area contributed by atoms with Crippen LogP contribution in [0.15, 0.2) is 0 Å². The number of hydrogen-bond acceptors (Lipinski definition) is 2. The fourth-order valence-electron chi connectivity index (χ4n) is 1.87. The minimum absolute atomic E-state index is 0.00605. The molecule has 1 amide bonds. The molecule has 0 aliphatic carbocycles. The topological polar surface area (TPSA) is 55.1 Å². The molecule has 0 saturated carbocycles. The summed E-state index contributed by atoms with van der Waals surface area (Å²) in [7, 11) is 0. The van der Waals surface area contributed by atoms with E-state index in [4.69, 9.17) is 5.73 Å². The quantitative estimate of drug-likeness (QED) is 0.590. The molecule has 0 spiro atoms. The van der Waals surface area contributed by atoms with E-state index in [9.17, 15) is 4.79 Å². The van der Waals surface area contributed by atoms with Gasteiger partial charge in [0.1, 0.15) is 0 Å². The van der Waals surface area contributed by atoms with Crippen LogP contribution in [0.1, 0.15) is 66.2 Å². The Morgan fingerprint density at radius 1 is 1.11 bits per heavy atom. The Morgan fingerprint density at radius 3 is 2.28 bits per heavy atom. The first-order chi connectivity index (χ1) is 8.49. The summed E-state index contributed by atoms with van der Waals surface area (Å²) in [5.74, 6) is 1.07. The van der Waals surface area contributed by atoms with Gasteiger partial charge in [0.15, 0.2) is 0 Å². The standard InChI is InChI=1S/C15H32N2O/c1-5-13(4)14(16)15(18)17-11-9-7-6-8-10-12(2)3/h12-14H,5-11,16H2,1-4H3,(H,17,18). The molecule has 2 unspecified atom stereocenters. The zero-order chi connectivity index (χ0) is 14.0. The Hall–Kier alpha value is -0.570. The van der Waals surface area contributed by atoms with Gasteiger partial charge in [-0.1, -0.05) is 59.8 Å². The van der Waals surface area contributed by atoms with E-state index in [1.165, 1.54) is 25.7 Å². The molecular weight excluding hydrogens is 224 g/mol. The van der Waals surface area contributed by atoms with Crippen LogP contribution in [-0.4, -0.2) is 18.5 Å². The van der Waals surface area contributed by atoms with E-state index in [0.29, 0.717) is 0 Å². The van der Waals surface area contributed by atoms with E-state index in [-0.39, 0.29) is 17.9 Å². The number of amides is 1. The molecule has 108 valence electrons. The number of nitrogens with two attached hydrogens (primary N) is 1. The second kappa shape index (κ2) is 10.4. The van der Waals surface area contributed by atoms with Crippen molar-refractivity contribution >= 4 is 5.91 Å². The maximum atomic E-state index is 11.7. The summed E-state index contributed by atoms with van der Waals surface area (Å²) in [4.78, 5) is 11.7. The van der Waals surface area contributed by atoms with Crippen molar-refractivity contribution in [1.82, 2.24) is 5.32 Å². The van der Waals surface area contributed by atoms with E-state index in [2.05, 4.69) is 26.1 Å². The first kappa shape index (κ1) is 17.4. The van der Waals surface area contributed by atoms with Gasteiger partial charge in [-0.2, -0.15) is 0 Å². The molecule has 0 heterocycles. The number of unbranched alkanes of at least 4 members (excludes halogenated alkanes) is 3. The van der Waals surface area contributed by atoms with Crippen LogP contribution < -0.4 is 11.1 Å². The maximum absolute atomic E-state index is 11.7. The second-order valence-electron chi connectivity index (χ2n) is 5.80. The molecule has 3 N–H and O–H groups in total. The van der Waals surface area contributed by atoms with Crippen molar-refractivity contribution in [2.24, 2.45) is 17.6 Å². The Kier molecular flexibility index (Phi) is 10.0. The van der Waals surface area contributed by atoms with Crippen molar-refractivity contribution in [3.8, 4) is 0 Å². The fourth-order valence-corrected chi connectivity index (χ4v) is 1.87. The first-order valence-corrected chi connectivity index (χ1v) is 7.52. The molecule has 0 radical (unpaired) electrons.